The number of benzene rings is 1. The Morgan fingerprint density at radius 1 is 1.50 bits per heavy atom. The van der Waals surface area contributed by atoms with E-state index in [0.29, 0.717) is 18.8 Å². The van der Waals surface area contributed by atoms with E-state index in [-0.39, 0.29) is 24.3 Å². The van der Waals surface area contributed by atoms with Crippen LogP contribution < -0.4 is 16.0 Å². The number of nitrogens with zero attached hydrogens (tertiary/aromatic N) is 1. The smallest absolute Gasteiger partial charge is 0.260 e. The molecule has 7 heteroatoms. The van der Waals surface area contributed by atoms with Gasteiger partial charge in [0, 0.05) is 17.6 Å². The highest BCUT2D eigenvalue weighted by Gasteiger charge is 2.28. The van der Waals surface area contributed by atoms with Crippen LogP contribution in [0, 0.1) is 12.8 Å². The first-order chi connectivity index (χ1) is 10.5. The molecule has 0 saturated carbocycles. The minimum atomic E-state index is -0.238. The fraction of sp³-hybridized carbons (Fsp3) is 0.467. The van der Waals surface area contributed by atoms with Crippen molar-refractivity contribution in [1.29, 1.82) is 0 Å². The van der Waals surface area contributed by atoms with Crippen LogP contribution in [0.2, 0.25) is 0 Å². The van der Waals surface area contributed by atoms with E-state index >= 15 is 0 Å². The quantitative estimate of drug-likeness (QED) is 0.476. The molecular formula is C15H20BrN3O3. The van der Waals surface area contributed by atoms with Gasteiger partial charge in [-0.2, -0.15) is 0 Å². The molecule has 1 unspecified atom stereocenters. The first-order valence-electron chi connectivity index (χ1n) is 7.18. The van der Waals surface area contributed by atoms with Gasteiger partial charge in [-0.3, -0.25) is 15.0 Å². The molecule has 22 heavy (non-hydrogen) atoms. The van der Waals surface area contributed by atoms with Gasteiger partial charge >= 0.3 is 0 Å². The highest BCUT2D eigenvalue weighted by Crippen LogP contribution is 2.22. The molecule has 1 heterocycles. The monoisotopic (exact) mass is 369 g/mol. The lowest BCUT2D eigenvalue weighted by Crippen LogP contribution is -2.48. The standard InChI is InChI=1S/C15H20BrN3O3/c1-10-7-12(4-5-13(10)16)22-9-14(20)19-6-2-3-11(8-19)15(21)18-17/h4-5,7,11H,2-3,6,8-9,17H2,1H3,(H,18,21). The Balaban J connectivity index is 1.88. The molecular weight excluding hydrogens is 350 g/mol. The number of halogens is 1. The second kappa shape index (κ2) is 7.60. The molecule has 0 radical (unpaired) electrons. The number of carbonyl (C=O) groups is 2. The van der Waals surface area contributed by atoms with Crippen molar-refractivity contribution in [2.75, 3.05) is 19.7 Å². The van der Waals surface area contributed by atoms with E-state index < -0.39 is 0 Å². The van der Waals surface area contributed by atoms with E-state index in [2.05, 4.69) is 21.4 Å². The number of carbonyl (C=O) groups excluding carboxylic acids is 2. The van der Waals surface area contributed by atoms with E-state index in [1.165, 1.54) is 0 Å². The maximum atomic E-state index is 12.2. The largest absolute Gasteiger partial charge is 0.484 e. The predicted octanol–water partition coefficient (Wildman–Crippen LogP) is 1.36. The fourth-order valence-corrected chi connectivity index (χ4v) is 2.73. The molecule has 1 aliphatic rings. The summed E-state index contributed by atoms with van der Waals surface area (Å²) >= 11 is 3.42. The molecule has 1 aliphatic heterocycles. The van der Waals surface area contributed by atoms with Crippen LogP contribution in [0.5, 0.6) is 5.75 Å². The summed E-state index contributed by atoms with van der Waals surface area (Å²) in [6.45, 7) is 2.97. The molecule has 0 bridgehead atoms. The molecule has 1 aromatic carbocycles. The first kappa shape index (κ1) is 16.8. The minimum Gasteiger partial charge on any atom is -0.484 e. The van der Waals surface area contributed by atoms with Gasteiger partial charge < -0.3 is 9.64 Å². The van der Waals surface area contributed by atoms with Crippen molar-refractivity contribution >= 4 is 27.7 Å². The number of rotatable bonds is 4. The average Bonchev–Trinajstić information content (AvgIpc) is 2.55. The third kappa shape index (κ3) is 4.20. The van der Waals surface area contributed by atoms with Crippen LogP contribution in [-0.2, 0) is 9.59 Å². The highest BCUT2D eigenvalue weighted by molar-refractivity contribution is 9.10. The molecule has 1 atom stereocenters. The zero-order valence-corrected chi connectivity index (χ0v) is 14.1. The van der Waals surface area contributed by atoms with Gasteiger partial charge in [0.1, 0.15) is 5.75 Å². The summed E-state index contributed by atoms with van der Waals surface area (Å²) < 4.78 is 6.54. The Morgan fingerprint density at radius 2 is 2.27 bits per heavy atom. The molecule has 2 amide bonds. The number of hydrogen-bond acceptors (Lipinski definition) is 4. The number of hydrogen-bond donors (Lipinski definition) is 2. The van der Waals surface area contributed by atoms with E-state index in [9.17, 15) is 9.59 Å². The van der Waals surface area contributed by atoms with E-state index in [4.69, 9.17) is 10.6 Å². The lowest BCUT2D eigenvalue weighted by Gasteiger charge is -2.31. The van der Waals surface area contributed by atoms with Gasteiger partial charge in [-0.15, -0.1) is 0 Å². The van der Waals surface area contributed by atoms with Crippen LogP contribution in [0.15, 0.2) is 22.7 Å². The van der Waals surface area contributed by atoms with Gasteiger partial charge in [0.2, 0.25) is 5.91 Å². The third-order valence-corrected chi connectivity index (χ3v) is 4.67. The van der Waals surface area contributed by atoms with Gasteiger partial charge in [-0.25, -0.2) is 5.84 Å². The molecule has 3 N–H and O–H groups in total. The van der Waals surface area contributed by atoms with Crippen LogP contribution in [0.1, 0.15) is 18.4 Å². The summed E-state index contributed by atoms with van der Waals surface area (Å²) in [6.07, 6.45) is 1.54. The maximum absolute atomic E-state index is 12.2. The fourth-order valence-electron chi connectivity index (χ4n) is 2.48. The SMILES string of the molecule is Cc1cc(OCC(=O)N2CCCC(C(=O)NN)C2)ccc1Br. The van der Waals surface area contributed by atoms with Crippen LogP contribution in [0.3, 0.4) is 0 Å². The molecule has 120 valence electrons. The third-order valence-electron chi connectivity index (χ3n) is 3.78. The van der Waals surface area contributed by atoms with Crippen molar-refractivity contribution in [3.05, 3.63) is 28.2 Å². The lowest BCUT2D eigenvalue weighted by atomic mass is 9.97. The van der Waals surface area contributed by atoms with Gasteiger partial charge in [0.15, 0.2) is 6.61 Å². The molecule has 0 aromatic heterocycles. The number of ether oxygens (including phenoxy) is 1. The number of nitrogens with one attached hydrogen (secondary N) is 1. The summed E-state index contributed by atoms with van der Waals surface area (Å²) in [5.41, 5.74) is 3.19. The van der Waals surface area contributed by atoms with Crippen LogP contribution in [-0.4, -0.2) is 36.4 Å². The van der Waals surface area contributed by atoms with E-state index in [0.717, 1.165) is 22.9 Å². The van der Waals surface area contributed by atoms with Crippen molar-refractivity contribution in [1.82, 2.24) is 10.3 Å². The number of nitrogens with two attached hydrogens (primary N) is 1. The normalized spacial score (nSPS) is 18.0. The zero-order valence-electron chi connectivity index (χ0n) is 12.5. The van der Waals surface area contributed by atoms with Crippen molar-refractivity contribution in [2.24, 2.45) is 11.8 Å². The topological polar surface area (TPSA) is 84.7 Å². The van der Waals surface area contributed by atoms with Gasteiger partial charge in [0.05, 0.1) is 5.92 Å². The predicted molar refractivity (Wildman–Crippen MR) is 86.0 cm³/mol. The van der Waals surface area contributed by atoms with Crippen molar-refractivity contribution in [2.45, 2.75) is 19.8 Å². The van der Waals surface area contributed by atoms with Crippen molar-refractivity contribution in [3.63, 3.8) is 0 Å². The second-order valence-electron chi connectivity index (χ2n) is 5.39. The molecule has 1 aromatic rings. The highest BCUT2D eigenvalue weighted by atomic mass is 79.9. The Hall–Kier alpha value is -1.60. The number of likely N-dealkylation sites (tertiary alicyclic amines) is 1. The van der Waals surface area contributed by atoms with Crippen LogP contribution in [0.4, 0.5) is 0 Å². The first-order valence-corrected chi connectivity index (χ1v) is 7.97. The van der Waals surface area contributed by atoms with Gasteiger partial charge in [-0.1, -0.05) is 15.9 Å². The Kier molecular flexibility index (Phi) is 5.79. The van der Waals surface area contributed by atoms with E-state index in [1.54, 1.807) is 4.90 Å². The minimum absolute atomic E-state index is 0.0297. The summed E-state index contributed by atoms with van der Waals surface area (Å²) in [7, 11) is 0. The van der Waals surface area contributed by atoms with E-state index in [1.807, 2.05) is 25.1 Å². The summed E-state index contributed by atoms with van der Waals surface area (Å²) in [5, 5.41) is 0. The molecule has 2 rings (SSSR count). The van der Waals surface area contributed by atoms with Crippen LogP contribution >= 0.6 is 15.9 Å². The maximum Gasteiger partial charge on any atom is 0.260 e. The molecule has 6 nitrogen and oxygen atoms in total. The van der Waals surface area contributed by atoms with Gasteiger partial charge in [0.25, 0.3) is 5.91 Å². The zero-order chi connectivity index (χ0) is 16.1. The number of amides is 2. The molecule has 1 fully saturated rings. The second-order valence-corrected chi connectivity index (χ2v) is 6.24. The average molecular weight is 370 g/mol. The Labute approximate surface area is 138 Å². The lowest BCUT2D eigenvalue weighted by molar-refractivity contribution is -0.137. The van der Waals surface area contributed by atoms with Gasteiger partial charge in [-0.05, 0) is 43.5 Å². The Bertz CT molecular complexity index is 565. The molecule has 0 aliphatic carbocycles. The summed E-state index contributed by atoms with van der Waals surface area (Å²) in [6, 6.07) is 5.57. The number of piperidine rings is 1. The molecule has 0 spiro atoms. The number of hydrazine groups is 1. The van der Waals surface area contributed by atoms with Crippen LogP contribution in [0.25, 0.3) is 0 Å². The number of aryl methyl sites for hydroxylation is 1. The summed E-state index contributed by atoms with van der Waals surface area (Å²) in [5.74, 6) is 5.23. The van der Waals surface area contributed by atoms with Crippen molar-refractivity contribution < 1.29 is 14.3 Å². The van der Waals surface area contributed by atoms with Crippen molar-refractivity contribution in [3.8, 4) is 5.75 Å². The Morgan fingerprint density at radius 3 is 2.95 bits per heavy atom. The summed E-state index contributed by atoms with van der Waals surface area (Å²) in [4.78, 5) is 25.4. The molecule has 1 saturated heterocycles.